The van der Waals surface area contributed by atoms with E-state index in [9.17, 15) is 9.59 Å². The molecule has 3 aromatic carbocycles. The molecule has 0 aliphatic carbocycles. The van der Waals surface area contributed by atoms with Crippen molar-refractivity contribution in [3.63, 3.8) is 0 Å². The molecule has 0 bridgehead atoms. The first-order valence-electron chi connectivity index (χ1n) is 8.66. The summed E-state index contributed by atoms with van der Waals surface area (Å²) in [6, 6.07) is 27.3. The van der Waals surface area contributed by atoms with E-state index in [0.717, 1.165) is 16.5 Å². The van der Waals surface area contributed by atoms with Gasteiger partial charge in [-0.25, -0.2) is 4.79 Å². The second-order valence-corrected chi connectivity index (χ2v) is 6.19. The molecule has 27 heavy (non-hydrogen) atoms. The zero-order valence-corrected chi connectivity index (χ0v) is 14.5. The van der Waals surface area contributed by atoms with Crippen LogP contribution in [0, 0.1) is 0 Å². The van der Waals surface area contributed by atoms with Crippen molar-refractivity contribution < 1.29 is 9.53 Å². The van der Waals surface area contributed by atoms with Crippen LogP contribution in [0.4, 0.5) is 0 Å². The standard InChI is InChI=1S/C23H17NO3/c25-22-15-21(27-23(26)18-11-5-2-6-12-18)19-13-7-8-14-20(19)24(22)16-17-9-3-1-4-10-17/h1-15H,16H2. The molecule has 1 heterocycles. The lowest BCUT2D eigenvalue weighted by atomic mass is 10.1. The number of aromatic nitrogens is 1. The van der Waals surface area contributed by atoms with Crippen LogP contribution in [0.3, 0.4) is 0 Å². The second-order valence-electron chi connectivity index (χ2n) is 6.19. The summed E-state index contributed by atoms with van der Waals surface area (Å²) in [5.41, 5.74) is 1.98. The van der Waals surface area contributed by atoms with Gasteiger partial charge in [0.05, 0.1) is 17.6 Å². The van der Waals surface area contributed by atoms with E-state index < -0.39 is 5.97 Å². The van der Waals surface area contributed by atoms with Gasteiger partial charge in [0.25, 0.3) is 5.56 Å². The van der Waals surface area contributed by atoms with Crippen molar-refractivity contribution in [2.45, 2.75) is 6.54 Å². The van der Waals surface area contributed by atoms with Crippen LogP contribution in [0.2, 0.25) is 0 Å². The third kappa shape index (κ3) is 3.51. The zero-order chi connectivity index (χ0) is 18.6. The van der Waals surface area contributed by atoms with E-state index in [2.05, 4.69) is 0 Å². The molecule has 0 fully saturated rings. The van der Waals surface area contributed by atoms with E-state index in [1.54, 1.807) is 28.8 Å². The average molecular weight is 355 g/mol. The normalized spacial score (nSPS) is 10.7. The lowest BCUT2D eigenvalue weighted by molar-refractivity contribution is 0.0737. The van der Waals surface area contributed by atoms with Crippen LogP contribution >= 0.6 is 0 Å². The summed E-state index contributed by atoms with van der Waals surface area (Å²) >= 11 is 0. The van der Waals surface area contributed by atoms with Crippen molar-refractivity contribution in [2.75, 3.05) is 0 Å². The number of ether oxygens (including phenoxy) is 1. The average Bonchev–Trinajstić information content (AvgIpc) is 2.72. The van der Waals surface area contributed by atoms with E-state index >= 15 is 0 Å². The second kappa shape index (κ2) is 7.30. The fourth-order valence-corrected chi connectivity index (χ4v) is 3.05. The minimum absolute atomic E-state index is 0.214. The Labute approximate surface area is 156 Å². The van der Waals surface area contributed by atoms with Crippen molar-refractivity contribution in [1.82, 2.24) is 4.57 Å². The molecule has 0 atom stereocenters. The van der Waals surface area contributed by atoms with Crippen LogP contribution in [-0.4, -0.2) is 10.5 Å². The molecule has 4 aromatic rings. The molecule has 0 spiro atoms. The number of carbonyl (C=O) groups excluding carboxylic acids is 1. The SMILES string of the molecule is O=C(Oc1cc(=O)n(Cc2ccccc2)c2ccccc12)c1ccccc1. The number of benzene rings is 3. The van der Waals surface area contributed by atoms with Crippen LogP contribution in [0.5, 0.6) is 5.75 Å². The number of pyridine rings is 1. The fourth-order valence-electron chi connectivity index (χ4n) is 3.05. The van der Waals surface area contributed by atoms with Crippen LogP contribution < -0.4 is 10.3 Å². The molecule has 0 aliphatic rings. The monoisotopic (exact) mass is 355 g/mol. The number of para-hydroxylation sites is 1. The summed E-state index contributed by atoms with van der Waals surface area (Å²) in [6.07, 6.45) is 0. The molecule has 0 saturated carbocycles. The molecule has 0 N–H and O–H groups in total. The predicted molar refractivity (Wildman–Crippen MR) is 105 cm³/mol. The van der Waals surface area contributed by atoms with Crippen LogP contribution in [0.25, 0.3) is 10.9 Å². The van der Waals surface area contributed by atoms with Crippen molar-refractivity contribution >= 4 is 16.9 Å². The van der Waals surface area contributed by atoms with Gasteiger partial charge in [0.2, 0.25) is 0 Å². The van der Waals surface area contributed by atoms with E-state index in [-0.39, 0.29) is 11.3 Å². The van der Waals surface area contributed by atoms with Gasteiger partial charge in [-0.15, -0.1) is 0 Å². The summed E-state index contributed by atoms with van der Waals surface area (Å²) in [5, 5.41) is 0.720. The number of carbonyl (C=O) groups is 1. The molecule has 0 aliphatic heterocycles. The Morgan fingerprint density at radius 2 is 1.44 bits per heavy atom. The first-order valence-corrected chi connectivity index (χ1v) is 8.66. The lowest BCUT2D eigenvalue weighted by Crippen LogP contribution is -2.21. The number of rotatable bonds is 4. The fraction of sp³-hybridized carbons (Fsp3) is 0.0435. The molecular weight excluding hydrogens is 338 g/mol. The Balaban J connectivity index is 1.77. The van der Waals surface area contributed by atoms with Crippen molar-refractivity contribution in [3.8, 4) is 5.75 Å². The zero-order valence-electron chi connectivity index (χ0n) is 14.5. The summed E-state index contributed by atoms with van der Waals surface area (Å²) in [4.78, 5) is 25.2. The van der Waals surface area contributed by atoms with Crippen molar-refractivity contribution in [2.24, 2.45) is 0 Å². The molecule has 0 radical (unpaired) electrons. The quantitative estimate of drug-likeness (QED) is 0.514. The Morgan fingerprint density at radius 1 is 0.815 bits per heavy atom. The number of nitrogens with zero attached hydrogens (tertiary/aromatic N) is 1. The van der Waals surface area contributed by atoms with E-state index in [0.29, 0.717) is 12.1 Å². The molecule has 4 heteroatoms. The molecule has 0 unspecified atom stereocenters. The molecule has 4 rings (SSSR count). The predicted octanol–water partition coefficient (Wildman–Crippen LogP) is 4.27. The van der Waals surface area contributed by atoms with Gasteiger partial charge >= 0.3 is 5.97 Å². The van der Waals surface area contributed by atoms with E-state index in [4.69, 9.17) is 4.74 Å². The Hall–Kier alpha value is -3.66. The number of hydrogen-bond acceptors (Lipinski definition) is 3. The topological polar surface area (TPSA) is 48.3 Å². The first-order chi connectivity index (χ1) is 13.2. The maximum Gasteiger partial charge on any atom is 0.343 e. The van der Waals surface area contributed by atoms with Gasteiger partial charge in [-0.05, 0) is 29.8 Å². The highest BCUT2D eigenvalue weighted by Gasteiger charge is 2.14. The summed E-state index contributed by atoms with van der Waals surface area (Å²) in [5.74, 6) is -0.213. The molecule has 4 nitrogen and oxygen atoms in total. The Kier molecular flexibility index (Phi) is 4.54. The van der Waals surface area contributed by atoms with Gasteiger partial charge in [-0.2, -0.15) is 0 Å². The Morgan fingerprint density at radius 3 is 2.19 bits per heavy atom. The van der Waals surface area contributed by atoms with Crippen molar-refractivity contribution in [1.29, 1.82) is 0 Å². The van der Waals surface area contributed by atoms with Crippen molar-refractivity contribution in [3.05, 3.63) is 112 Å². The van der Waals surface area contributed by atoms with E-state index in [1.165, 1.54) is 6.07 Å². The maximum atomic E-state index is 12.7. The Bertz CT molecular complexity index is 1150. The number of esters is 1. The van der Waals surface area contributed by atoms with Gasteiger partial charge < -0.3 is 9.30 Å². The molecular formula is C23H17NO3. The minimum Gasteiger partial charge on any atom is -0.422 e. The smallest absolute Gasteiger partial charge is 0.343 e. The highest BCUT2D eigenvalue weighted by atomic mass is 16.5. The molecule has 132 valence electrons. The minimum atomic E-state index is -0.485. The highest BCUT2D eigenvalue weighted by Crippen LogP contribution is 2.25. The van der Waals surface area contributed by atoms with Gasteiger partial charge in [-0.3, -0.25) is 4.79 Å². The number of hydrogen-bond donors (Lipinski definition) is 0. The molecule has 1 aromatic heterocycles. The maximum absolute atomic E-state index is 12.7. The summed E-state index contributed by atoms with van der Waals surface area (Å²) in [6.45, 7) is 0.451. The van der Waals surface area contributed by atoms with Gasteiger partial charge in [-0.1, -0.05) is 60.7 Å². The molecule has 0 amide bonds. The molecule has 0 saturated heterocycles. The number of fused-ring (bicyclic) bond motifs is 1. The summed E-state index contributed by atoms with van der Waals surface area (Å²) in [7, 11) is 0. The lowest BCUT2D eigenvalue weighted by Gasteiger charge is -2.13. The van der Waals surface area contributed by atoms with E-state index in [1.807, 2.05) is 60.7 Å². The third-order valence-electron chi connectivity index (χ3n) is 4.38. The first kappa shape index (κ1) is 16.8. The van der Waals surface area contributed by atoms with Crippen LogP contribution in [0.15, 0.2) is 95.8 Å². The van der Waals surface area contributed by atoms with Crippen LogP contribution in [-0.2, 0) is 6.54 Å². The van der Waals surface area contributed by atoms with Gasteiger partial charge in [0, 0.05) is 11.5 Å². The highest BCUT2D eigenvalue weighted by molar-refractivity contribution is 5.94. The van der Waals surface area contributed by atoms with Gasteiger partial charge in [0.15, 0.2) is 0 Å². The summed E-state index contributed by atoms with van der Waals surface area (Å²) < 4.78 is 7.23. The largest absolute Gasteiger partial charge is 0.422 e. The van der Waals surface area contributed by atoms with Gasteiger partial charge in [0.1, 0.15) is 5.75 Å². The van der Waals surface area contributed by atoms with Crippen LogP contribution in [0.1, 0.15) is 15.9 Å². The third-order valence-corrected chi connectivity index (χ3v) is 4.38.